The summed E-state index contributed by atoms with van der Waals surface area (Å²) < 4.78 is 70.8. The lowest BCUT2D eigenvalue weighted by atomic mass is 10.1. The number of pyridine rings is 1. The van der Waals surface area contributed by atoms with E-state index in [2.05, 4.69) is 4.98 Å². The highest BCUT2D eigenvalue weighted by Crippen LogP contribution is 2.29. The van der Waals surface area contributed by atoms with Crippen molar-refractivity contribution in [2.24, 2.45) is 0 Å². The SMILES string of the molecule is O=c1c2cc(OCc3ccc(C(F)(F)F)cc3)ccc2[nH]c2cc(F)cc(F)c12. The van der Waals surface area contributed by atoms with Crippen LogP contribution in [-0.2, 0) is 12.8 Å². The van der Waals surface area contributed by atoms with Crippen LogP contribution in [0.1, 0.15) is 11.1 Å². The molecule has 0 aliphatic rings. The Balaban J connectivity index is 1.64. The standard InChI is InChI=1S/C21H12F5NO2/c22-13-7-16(23)19-18(8-13)27-17-6-5-14(9-15(17)20(19)28)29-10-11-1-3-12(4-2-11)21(24,25)26/h1-9H,10H2,(H,27,28). The largest absolute Gasteiger partial charge is 0.489 e. The smallest absolute Gasteiger partial charge is 0.416 e. The Hall–Kier alpha value is -3.42. The van der Waals surface area contributed by atoms with Gasteiger partial charge in [-0.05, 0) is 42.0 Å². The number of aromatic amines is 1. The molecule has 4 rings (SSSR count). The molecule has 0 atom stereocenters. The summed E-state index contributed by atoms with van der Waals surface area (Å²) >= 11 is 0. The van der Waals surface area contributed by atoms with E-state index >= 15 is 0 Å². The normalized spacial score (nSPS) is 11.9. The number of benzene rings is 3. The number of H-pyrrole nitrogens is 1. The average molecular weight is 405 g/mol. The van der Waals surface area contributed by atoms with Gasteiger partial charge in [0.1, 0.15) is 24.0 Å². The van der Waals surface area contributed by atoms with Crippen molar-refractivity contribution in [1.29, 1.82) is 0 Å². The van der Waals surface area contributed by atoms with Crippen LogP contribution in [0.5, 0.6) is 5.75 Å². The van der Waals surface area contributed by atoms with Gasteiger partial charge in [0.05, 0.1) is 22.0 Å². The zero-order valence-corrected chi connectivity index (χ0v) is 14.6. The molecule has 0 saturated heterocycles. The van der Waals surface area contributed by atoms with Crippen molar-refractivity contribution < 1.29 is 26.7 Å². The van der Waals surface area contributed by atoms with Gasteiger partial charge in [0, 0.05) is 11.5 Å². The van der Waals surface area contributed by atoms with Crippen LogP contribution < -0.4 is 10.2 Å². The Morgan fingerprint density at radius 2 is 1.62 bits per heavy atom. The highest BCUT2D eigenvalue weighted by atomic mass is 19.4. The highest BCUT2D eigenvalue weighted by molar-refractivity contribution is 5.93. The molecule has 4 aromatic rings. The maximum Gasteiger partial charge on any atom is 0.416 e. The number of ether oxygens (including phenoxy) is 1. The fourth-order valence-electron chi connectivity index (χ4n) is 3.05. The van der Waals surface area contributed by atoms with Crippen LogP contribution >= 0.6 is 0 Å². The minimum atomic E-state index is -4.42. The van der Waals surface area contributed by atoms with Gasteiger partial charge in [-0.1, -0.05) is 12.1 Å². The Morgan fingerprint density at radius 3 is 2.31 bits per heavy atom. The lowest BCUT2D eigenvalue weighted by Crippen LogP contribution is -2.07. The number of rotatable bonds is 3. The van der Waals surface area contributed by atoms with Gasteiger partial charge >= 0.3 is 6.18 Å². The number of nitrogens with one attached hydrogen (secondary N) is 1. The van der Waals surface area contributed by atoms with Gasteiger partial charge < -0.3 is 9.72 Å². The van der Waals surface area contributed by atoms with Gasteiger partial charge in [-0.2, -0.15) is 13.2 Å². The first-order valence-electron chi connectivity index (χ1n) is 8.46. The molecule has 0 saturated carbocycles. The van der Waals surface area contributed by atoms with Gasteiger partial charge in [-0.3, -0.25) is 4.79 Å². The molecule has 3 aromatic carbocycles. The minimum Gasteiger partial charge on any atom is -0.489 e. The van der Waals surface area contributed by atoms with E-state index in [0.29, 0.717) is 17.1 Å². The van der Waals surface area contributed by atoms with Crippen LogP contribution in [0.3, 0.4) is 0 Å². The lowest BCUT2D eigenvalue weighted by molar-refractivity contribution is -0.137. The van der Waals surface area contributed by atoms with Crippen LogP contribution in [0.2, 0.25) is 0 Å². The lowest BCUT2D eigenvalue weighted by Gasteiger charge is -2.10. The van der Waals surface area contributed by atoms with Gasteiger partial charge in [0.25, 0.3) is 0 Å². The number of hydrogen-bond acceptors (Lipinski definition) is 2. The molecule has 0 bridgehead atoms. The van der Waals surface area contributed by atoms with Crippen molar-refractivity contribution in [3.63, 3.8) is 0 Å². The molecule has 1 N–H and O–H groups in total. The summed E-state index contributed by atoms with van der Waals surface area (Å²) in [5, 5.41) is -0.119. The number of alkyl halides is 3. The number of fused-ring (bicyclic) bond motifs is 2. The molecule has 8 heteroatoms. The molecular weight excluding hydrogens is 393 g/mol. The molecule has 1 aromatic heterocycles. The van der Waals surface area contributed by atoms with Gasteiger partial charge in [-0.15, -0.1) is 0 Å². The summed E-state index contributed by atoms with van der Waals surface area (Å²) in [5.41, 5.74) is -0.463. The summed E-state index contributed by atoms with van der Waals surface area (Å²) in [4.78, 5) is 15.4. The van der Waals surface area contributed by atoms with Gasteiger partial charge in [-0.25, -0.2) is 8.78 Å². The third-order valence-electron chi connectivity index (χ3n) is 4.47. The predicted molar refractivity (Wildman–Crippen MR) is 97.8 cm³/mol. The van der Waals surface area contributed by atoms with E-state index in [-0.39, 0.29) is 28.6 Å². The molecule has 1 heterocycles. The summed E-state index contributed by atoms with van der Waals surface area (Å²) in [6, 6.07) is 10.7. The van der Waals surface area contributed by atoms with Crippen molar-refractivity contribution in [3.8, 4) is 5.75 Å². The zero-order chi connectivity index (χ0) is 20.8. The van der Waals surface area contributed by atoms with Crippen molar-refractivity contribution in [1.82, 2.24) is 4.98 Å². The summed E-state index contributed by atoms with van der Waals surface area (Å²) in [6.07, 6.45) is -4.42. The molecule has 0 radical (unpaired) electrons. The second-order valence-corrected chi connectivity index (χ2v) is 6.46. The van der Waals surface area contributed by atoms with Crippen LogP contribution in [0, 0.1) is 11.6 Å². The number of hydrogen-bond donors (Lipinski definition) is 1. The summed E-state index contributed by atoms with van der Waals surface area (Å²) in [6.45, 7) is -0.0191. The van der Waals surface area contributed by atoms with Crippen molar-refractivity contribution in [2.75, 3.05) is 0 Å². The Bertz CT molecular complexity index is 1280. The molecule has 0 aliphatic carbocycles. The van der Waals surface area contributed by atoms with Crippen LogP contribution in [0.25, 0.3) is 21.8 Å². The Kier molecular flexibility index (Phi) is 4.49. The molecule has 29 heavy (non-hydrogen) atoms. The molecule has 3 nitrogen and oxygen atoms in total. The van der Waals surface area contributed by atoms with Crippen molar-refractivity contribution in [3.05, 3.63) is 87.6 Å². The topological polar surface area (TPSA) is 42.1 Å². The Labute approximate surface area is 160 Å². The zero-order valence-electron chi connectivity index (χ0n) is 14.6. The molecule has 0 amide bonds. The van der Waals surface area contributed by atoms with E-state index in [9.17, 15) is 26.7 Å². The fraction of sp³-hybridized carbons (Fsp3) is 0.0952. The fourth-order valence-corrected chi connectivity index (χ4v) is 3.05. The first-order chi connectivity index (χ1) is 13.7. The molecule has 0 aliphatic heterocycles. The van der Waals surface area contributed by atoms with E-state index in [1.165, 1.54) is 24.3 Å². The van der Waals surface area contributed by atoms with E-state index < -0.39 is 28.8 Å². The number of aromatic nitrogens is 1. The number of halogens is 5. The van der Waals surface area contributed by atoms with Crippen LogP contribution in [0.4, 0.5) is 22.0 Å². The third kappa shape index (κ3) is 3.65. The first-order valence-corrected chi connectivity index (χ1v) is 8.46. The van der Waals surface area contributed by atoms with E-state index in [0.717, 1.165) is 18.2 Å². The molecule has 0 fully saturated rings. The van der Waals surface area contributed by atoms with E-state index in [1.807, 2.05) is 0 Å². The highest BCUT2D eigenvalue weighted by Gasteiger charge is 2.29. The van der Waals surface area contributed by atoms with Gasteiger partial charge in [0.15, 0.2) is 5.43 Å². The minimum absolute atomic E-state index is 0.0191. The second kappa shape index (κ2) is 6.88. The van der Waals surface area contributed by atoms with E-state index in [1.54, 1.807) is 6.07 Å². The molecular formula is C21H12F5NO2. The van der Waals surface area contributed by atoms with Gasteiger partial charge in [0.2, 0.25) is 0 Å². The van der Waals surface area contributed by atoms with Crippen molar-refractivity contribution in [2.45, 2.75) is 12.8 Å². The monoisotopic (exact) mass is 405 g/mol. The average Bonchev–Trinajstić information content (AvgIpc) is 2.65. The molecule has 148 valence electrons. The summed E-state index contributed by atoms with van der Waals surface area (Å²) in [7, 11) is 0. The van der Waals surface area contributed by atoms with Crippen LogP contribution in [-0.4, -0.2) is 4.98 Å². The predicted octanol–water partition coefficient (Wildman–Crippen LogP) is 5.56. The molecule has 0 spiro atoms. The molecule has 0 unspecified atom stereocenters. The van der Waals surface area contributed by atoms with Crippen molar-refractivity contribution >= 4 is 21.8 Å². The maximum absolute atomic E-state index is 14.1. The van der Waals surface area contributed by atoms with E-state index in [4.69, 9.17) is 4.74 Å². The second-order valence-electron chi connectivity index (χ2n) is 6.46. The third-order valence-corrected chi connectivity index (χ3v) is 4.47. The first kappa shape index (κ1) is 18.9. The summed E-state index contributed by atoms with van der Waals surface area (Å²) in [5.74, 6) is -1.49. The Morgan fingerprint density at radius 1 is 0.897 bits per heavy atom. The van der Waals surface area contributed by atoms with Crippen LogP contribution in [0.15, 0.2) is 59.4 Å². The maximum atomic E-state index is 14.1. The quantitative estimate of drug-likeness (QED) is 0.358.